The molecule has 0 unspecified atom stereocenters. The largest absolute Gasteiger partial charge is 0.466 e. The summed E-state index contributed by atoms with van der Waals surface area (Å²) < 4.78 is 11.0. The standard InChI is InChI=1S/C31H32ClN3O5S/c1-3-39-29(37)23-10-7-15-34(17-23)26(36)16-25-19-41-31-33-20(2)27(30(38)40-18-21-8-5-4-6-9-21)28(35(25)31)22-11-13-24(32)14-12-22/h4-6,8-9,11-14,19,23,28H,3,7,10,15-18H2,1-2H3/t23-,28-/m1/s1. The molecule has 0 aliphatic carbocycles. The molecule has 0 saturated carbocycles. The maximum atomic E-state index is 13.6. The SMILES string of the molecule is CCOC(=O)[C@@H]1CCCN(C(=O)CC2=CSC3=NC(C)=C(C(=O)OCc4ccccc4)[C@@H](c4ccc(Cl)cc4)N23)C1. The number of amidine groups is 1. The molecule has 3 aliphatic heterocycles. The molecule has 214 valence electrons. The third-order valence-corrected chi connectivity index (χ3v) is 8.49. The van der Waals surface area contributed by atoms with Crippen molar-refractivity contribution in [1.29, 1.82) is 0 Å². The van der Waals surface area contributed by atoms with Crippen molar-refractivity contribution < 1.29 is 23.9 Å². The van der Waals surface area contributed by atoms with Crippen LogP contribution in [0.15, 0.2) is 82.0 Å². The van der Waals surface area contributed by atoms with Crippen LogP contribution in [0.4, 0.5) is 0 Å². The lowest BCUT2D eigenvalue weighted by molar-refractivity contribution is -0.151. The second-order valence-electron chi connectivity index (χ2n) is 10.1. The van der Waals surface area contributed by atoms with Crippen molar-refractivity contribution in [2.45, 2.75) is 45.8 Å². The van der Waals surface area contributed by atoms with Gasteiger partial charge in [0.15, 0.2) is 5.17 Å². The van der Waals surface area contributed by atoms with E-state index in [1.807, 2.05) is 52.8 Å². The van der Waals surface area contributed by atoms with Crippen molar-refractivity contribution in [3.8, 4) is 0 Å². The summed E-state index contributed by atoms with van der Waals surface area (Å²) in [6.45, 7) is 4.97. The number of esters is 2. The Kier molecular flexibility index (Phi) is 9.15. The molecule has 5 rings (SSSR count). The van der Waals surface area contributed by atoms with Crippen molar-refractivity contribution in [1.82, 2.24) is 9.80 Å². The molecule has 0 N–H and O–H groups in total. The summed E-state index contributed by atoms with van der Waals surface area (Å²) in [5.74, 6) is -1.12. The summed E-state index contributed by atoms with van der Waals surface area (Å²) in [7, 11) is 0. The number of amides is 1. The van der Waals surface area contributed by atoms with E-state index < -0.39 is 12.0 Å². The number of nitrogens with zero attached hydrogens (tertiary/aromatic N) is 3. The highest BCUT2D eigenvalue weighted by Crippen LogP contribution is 2.45. The first-order valence-corrected chi connectivity index (χ1v) is 15.0. The van der Waals surface area contributed by atoms with E-state index in [1.165, 1.54) is 11.8 Å². The molecule has 1 amide bonds. The van der Waals surface area contributed by atoms with Gasteiger partial charge in [0.25, 0.3) is 0 Å². The maximum Gasteiger partial charge on any atom is 0.338 e. The predicted octanol–water partition coefficient (Wildman–Crippen LogP) is 5.85. The number of hydrogen-bond acceptors (Lipinski definition) is 8. The molecule has 0 spiro atoms. The Morgan fingerprint density at radius 1 is 1.07 bits per heavy atom. The Morgan fingerprint density at radius 2 is 1.83 bits per heavy atom. The number of hydrogen-bond donors (Lipinski definition) is 0. The summed E-state index contributed by atoms with van der Waals surface area (Å²) in [5.41, 5.74) is 3.42. The second-order valence-corrected chi connectivity index (χ2v) is 11.4. The number of carbonyl (C=O) groups is 3. The van der Waals surface area contributed by atoms with E-state index in [0.29, 0.717) is 47.6 Å². The van der Waals surface area contributed by atoms with Crippen LogP contribution in [0.3, 0.4) is 0 Å². The van der Waals surface area contributed by atoms with Gasteiger partial charge in [-0.3, -0.25) is 9.59 Å². The van der Waals surface area contributed by atoms with E-state index in [1.54, 1.807) is 30.9 Å². The predicted molar refractivity (Wildman–Crippen MR) is 159 cm³/mol. The molecule has 3 heterocycles. The van der Waals surface area contributed by atoms with Crippen molar-refractivity contribution in [3.63, 3.8) is 0 Å². The highest BCUT2D eigenvalue weighted by atomic mass is 35.5. The van der Waals surface area contributed by atoms with Gasteiger partial charge < -0.3 is 19.3 Å². The van der Waals surface area contributed by atoms with Crippen molar-refractivity contribution >= 4 is 46.4 Å². The Hall–Kier alpha value is -3.56. The summed E-state index contributed by atoms with van der Waals surface area (Å²) in [5, 5.41) is 3.18. The molecule has 2 atom stereocenters. The summed E-state index contributed by atoms with van der Waals surface area (Å²) in [6, 6.07) is 16.3. The Labute approximate surface area is 249 Å². The summed E-state index contributed by atoms with van der Waals surface area (Å²) >= 11 is 7.63. The Bertz CT molecular complexity index is 1410. The van der Waals surface area contributed by atoms with Crippen LogP contribution in [-0.2, 0) is 30.5 Å². The molecule has 8 nitrogen and oxygen atoms in total. The number of carbonyl (C=O) groups excluding carboxylic acids is 3. The fourth-order valence-electron chi connectivity index (χ4n) is 5.32. The van der Waals surface area contributed by atoms with Crippen LogP contribution >= 0.6 is 23.4 Å². The number of benzene rings is 2. The van der Waals surface area contributed by atoms with Gasteiger partial charge in [-0.15, -0.1) is 0 Å². The van der Waals surface area contributed by atoms with Crippen molar-refractivity contribution in [3.05, 3.63) is 93.1 Å². The smallest absolute Gasteiger partial charge is 0.338 e. The van der Waals surface area contributed by atoms with Gasteiger partial charge in [0.2, 0.25) is 5.91 Å². The minimum atomic E-state index is -0.550. The van der Waals surface area contributed by atoms with Gasteiger partial charge in [-0.25, -0.2) is 9.79 Å². The molecular formula is C31H32ClN3O5S. The van der Waals surface area contributed by atoms with Crippen LogP contribution in [0, 0.1) is 5.92 Å². The van der Waals surface area contributed by atoms with E-state index >= 15 is 0 Å². The molecule has 3 aliphatic rings. The zero-order valence-corrected chi connectivity index (χ0v) is 24.6. The highest BCUT2D eigenvalue weighted by Gasteiger charge is 2.42. The third kappa shape index (κ3) is 6.52. The average molecular weight is 594 g/mol. The fraction of sp³-hybridized carbons (Fsp3) is 0.355. The molecule has 2 aromatic rings. The number of aliphatic imine (C=N–C) groups is 1. The van der Waals surface area contributed by atoms with E-state index in [4.69, 9.17) is 26.1 Å². The van der Waals surface area contributed by atoms with E-state index in [2.05, 4.69) is 0 Å². The maximum absolute atomic E-state index is 13.6. The lowest BCUT2D eigenvalue weighted by Crippen LogP contribution is -2.44. The van der Waals surface area contributed by atoms with Gasteiger partial charge >= 0.3 is 11.9 Å². The lowest BCUT2D eigenvalue weighted by atomic mass is 9.93. The van der Waals surface area contributed by atoms with Gasteiger partial charge in [0.1, 0.15) is 6.61 Å². The molecular weight excluding hydrogens is 562 g/mol. The normalized spacial score (nSPS) is 20.3. The van der Waals surface area contributed by atoms with Crippen LogP contribution in [0.2, 0.25) is 5.02 Å². The third-order valence-electron chi connectivity index (χ3n) is 7.35. The van der Waals surface area contributed by atoms with Crippen LogP contribution < -0.4 is 0 Å². The quantitative estimate of drug-likeness (QED) is 0.355. The first-order valence-electron chi connectivity index (χ1n) is 13.7. The van der Waals surface area contributed by atoms with Gasteiger partial charge in [0, 0.05) is 23.8 Å². The summed E-state index contributed by atoms with van der Waals surface area (Å²) in [6.07, 6.45) is 1.56. The average Bonchev–Trinajstić information content (AvgIpc) is 3.38. The van der Waals surface area contributed by atoms with Crippen LogP contribution in [0.5, 0.6) is 0 Å². The number of allylic oxidation sites excluding steroid dienone is 1. The lowest BCUT2D eigenvalue weighted by Gasteiger charge is -2.37. The van der Waals surface area contributed by atoms with Crippen LogP contribution in [-0.4, -0.2) is 52.5 Å². The van der Waals surface area contributed by atoms with Crippen LogP contribution in [0.1, 0.15) is 50.3 Å². The van der Waals surface area contributed by atoms with E-state index in [0.717, 1.165) is 23.2 Å². The zero-order valence-electron chi connectivity index (χ0n) is 23.0. The molecule has 0 aromatic heterocycles. The Balaban J connectivity index is 1.39. The molecule has 1 fully saturated rings. The second kappa shape index (κ2) is 13.0. The van der Waals surface area contributed by atoms with E-state index in [9.17, 15) is 14.4 Å². The van der Waals surface area contributed by atoms with Gasteiger partial charge in [-0.05, 0) is 55.4 Å². The molecule has 41 heavy (non-hydrogen) atoms. The number of rotatable bonds is 8. The van der Waals surface area contributed by atoms with Gasteiger partial charge in [-0.2, -0.15) is 0 Å². The zero-order chi connectivity index (χ0) is 28.9. The monoisotopic (exact) mass is 593 g/mol. The molecule has 2 aromatic carbocycles. The highest BCUT2D eigenvalue weighted by molar-refractivity contribution is 8.16. The minimum Gasteiger partial charge on any atom is -0.466 e. The number of piperidine rings is 1. The first kappa shape index (κ1) is 29.0. The van der Waals surface area contributed by atoms with Crippen molar-refractivity contribution in [2.75, 3.05) is 19.7 Å². The number of likely N-dealkylation sites (tertiary alicyclic amines) is 1. The number of halogens is 1. The van der Waals surface area contributed by atoms with E-state index in [-0.39, 0.29) is 30.8 Å². The van der Waals surface area contributed by atoms with Gasteiger partial charge in [0.05, 0.1) is 36.3 Å². The topological polar surface area (TPSA) is 88.5 Å². The van der Waals surface area contributed by atoms with Gasteiger partial charge in [-0.1, -0.05) is 65.8 Å². The minimum absolute atomic E-state index is 0.0820. The molecule has 10 heteroatoms. The van der Waals surface area contributed by atoms with Crippen molar-refractivity contribution in [2.24, 2.45) is 10.9 Å². The number of thioether (sulfide) groups is 1. The molecule has 1 saturated heterocycles. The first-order chi connectivity index (χ1) is 19.9. The summed E-state index contributed by atoms with van der Waals surface area (Å²) in [4.78, 5) is 47.9. The fourth-order valence-corrected chi connectivity index (χ4v) is 6.41. The Morgan fingerprint density at radius 3 is 2.56 bits per heavy atom. The molecule has 0 radical (unpaired) electrons. The number of ether oxygens (including phenoxy) is 2. The van der Waals surface area contributed by atoms with Crippen LogP contribution in [0.25, 0.3) is 0 Å². The number of fused-ring (bicyclic) bond motifs is 1. The molecule has 0 bridgehead atoms.